The summed E-state index contributed by atoms with van der Waals surface area (Å²) < 4.78 is 0.299. The van der Waals surface area contributed by atoms with Crippen molar-refractivity contribution in [1.82, 2.24) is 4.31 Å². The molecule has 0 heterocycles. The molecule has 0 saturated heterocycles. The lowest BCUT2D eigenvalue weighted by molar-refractivity contribution is -0.118. The minimum Gasteiger partial charge on any atom is -0.306 e. The minimum absolute atomic E-state index is 0.145. The largest absolute Gasteiger partial charge is 0.306 e. The third-order valence-corrected chi connectivity index (χ3v) is 5.77. The fourth-order valence-corrected chi connectivity index (χ4v) is 3.80. The van der Waals surface area contributed by atoms with Gasteiger partial charge >= 0.3 is 0 Å². The van der Waals surface area contributed by atoms with Crippen LogP contribution in [0.4, 0.5) is 5.69 Å². The van der Waals surface area contributed by atoms with Gasteiger partial charge in [0.1, 0.15) is 0 Å². The molecule has 0 aliphatic carbocycles. The minimum atomic E-state index is -1.62. The Hall–Kier alpha value is 0.160. The number of hydrogen-bond acceptors (Lipinski definition) is 3. The lowest BCUT2D eigenvalue weighted by Crippen LogP contribution is -2.46. The predicted molar refractivity (Wildman–Crippen MR) is 104 cm³/mol. The van der Waals surface area contributed by atoms with Crippen LogP contribution in [0.3, 0.4) is 0 Å². The van der Waals surface area contributed by atoms with Crippen molar-refractivity contribution in [3.8, 4) is 0 Å². The number of amides is 1. The number of alkyl halides is 2. The van der Waals surface area contributed by atoms with Gasteiger partial charge in [-0.2, -0.15) is 0 Å². The molecule has 0 saturated carbocycles. The van der Waals surface area contributed by atoms with Crippen molar-refractivity contribution in [2.24, 2.45) is 0 Å². The summed E-state index contributed by atoms with van der Waals surface area (Å²) in [5.74, 6) is -0.411. The average molecular weight is 418 g/mol. The number of rotatable bonds is 7. The van der Waals surface area contributed by atoms with Gasteiger partial charge in [0.2, 0.25) is 0 Å². The third-order valence-electron chi connectivity index (χ3n) is 3.11. The van der Waals surface area contributed by atoms with Crippen LogP contribution in [0.25, 0.3) is 0 Å². The summed E-state index contributed by atoms with van der Waals surface area (Å²) in [6, 6.07) is 4.85. The van der Waals surface area contributed by atoms with E-state index in [0.29, 0.717) is 15.7 Å². The molecular formula is C15H20Cl4N2OS. The molecule has 0 atom stereocenters. The summed E-state index contributed by atoms with van der Waals surface area (Å²) in [5.41, 5.74) is 0.602. The van der Waals surface area contributed by atoms with Gasteiger partial charge < -0.3 is 4.90 Å². The van der Waals surface area contributed by atoms with Crippen LogP contribution in [0.5, 0.6) is 0 Å². The Morgan fingerprint density at radius 2 is 1.74 bits per heavy atom. The Morgan fingerprint density at radius 1 is 1.17 bits per heavy atom. The van der Waals surface area contributed by atoms with E-state index in [-0.39, 0.29) is 6.04 Å². The summed E-state index contributed by atoms with van der Waals surface area (Å²) in [4.78, 5) is 14.4. The van der Waals surface area contributed by atoms with Crippen LogP contribution in [0.1, 0.15) is 27.7 Å². The average Bonchev–Trinajstić information content (AvgIpc) is 2.48. The molecule has 0 aliphatic heterocycles. The molecule has 1 rings (SSSR count). The molecule has 0 aliphatic rings. The zero-order chi connectivity index (χ0) is 17.8. The van der Waals surface area contributed by atoms with Crippen LogP contribution in [0.15, 0.2) is 18.2 Å². The summed E-state index contributed by atoms with van der Waals surface area (Å²) in [6.07, 6.45) is 0. The van der Waals surface area contributed by atoms with E-state index in [9.17, 15) is 4.79 Å². The highest BCUT2D eigenvalue weighted by atomic mass is 35.5. The number of carbonyl (C=O) groups is 1. The van der Waals surface area contributed by atoms with Crippen molar-refractivity contribution < 1.29 is 4.79 Å². The number of halogens is 4. The Kier molecular flexibility index (Phi) is 8.32. The van der Waals surface area contributed by atoms with Crippen LogP contribution >= 0.6 is 58.4 Å². The van der Waals surface area contributed by atoms with Gasteiger partial charge in [0.15, 0.2) is 0 Å². The Morgan fingerprint density at radius 3 is 2.17 bits per heavy atom. The number of benzene rings is 1. The smallest absolute Gasteiger partial charge is 0.275 e. The molecule has 130 valence electrons. The van der Waals surface area contributed by atoms with Gasteiger partial charge in [-0.15, -0.1) is 0 Å². The van der Waals surface area contributed by atoms with Crippen LogP contribution in [-0.2, 0) is 4.79 Å². The fourth-order valence-electron chi connectivity index (χ4n) is 1.98. The Bertz CT molecular complexity index is 550. The maximum absolute atomic E-state index is 12.9. The molecule has 1 amide bonds. The van der Waals surface area contributed by atoms with Gasteiger partial charge in [0.05, 0.1) is 10.0 Å². The highest BCUT2D eigenvalue weighted by Crippen LogP contribution is 2.41. The topological polar surface area (TPSA) is 23.6 Å². The third kappa shape index (κ3) is 5.58. The number of anilines is 1. The summed E-state index contributed by atoms with van der Waals surface area (Å²) >= 11 is 25.8. The van der Waals surface area contributed by atoms with E-state index in [1.807, 2.05) is 32.0 Å². The second-order valence-corrected chi connectivity index (χ2v) is 8.99. The fraction of sp³-hybridized carbons (Fsp3) is 0.533. The quantitative estimate of drug-likeness (QED) is 0.410. The van der Waals surface area contributed by atoms with Crippen molar-refractivity contribution in [2.45, 2.75) is 37.4 Å². The molecule has 1 aromatic carbocycles. The summed E-state index contributed by atoms with van der Waals surface area (Å²) in [6.45, 7) is 9.17. The molecule has 0 fully saturated rings. The monoisotopic (exact) mass is 416 g/mol. The van der Waals surface area contributed by atoms with Crippen molar-refractivity contribution in [2.75, 3.05) is 18.0 Å². The van der Waals surface area contributed by atoms with Crippen molar-refractivity contribution >= 4 is 69.9 Å². The zero-order valence-electron chi connectivity index (χ0n) is 13.4. The zero-order valence-corrected chi connectivity index (χ0v) is 17.3. The SMILES string of the molecule is CCN(CC)SC(Cl)(Cl)C(=O)N(c1ccc(Cl)c(Cl)c1)C(C)C. The molecule has 1 aromatic rings. The van der Waals surface area contributed by atoms with E-state index in [2.05, 4.69) is 0 Å². The van der Waals surface area contributed by atoms with Gasteiger partial charge in [-0.1, -0.05) is 60.3 Å². The maximum atomic E-state index is 12.9. The molecule has 0 radical (unpaired) electrons. The molecule has 8 heteroatoms. The van der Waals surface area contributed by atoms with E-state index in [4.69, 9.17) is 46.4 Å². The summed E-state index contributed by atoms with van der Waals surface area (Å²) in [7, 11) is 0. The number of nitrogens with zero attached hydrogens (tertiary/aromatic N) is 2. The molecule has 0 N–H and O–H groups in total. The Balaban J connectivity index is 3.13. The molecular weight excluding hydrogens is 398 g/mol. The normalized spacial score (nSPS) is 12.1. The second-order valence-electron chi connectivity index (χ2n) is 5.09. The van der Waals surface area contributed by atoms with E-state index in [1.54, 1.807) is 18.2 Å². The maximum Gasteiger partial charge on any atom is 0.275 e. The second kappa shape index (κ2) is 9.02. The van der Waals surface area contributed by atoms with Gasteiger partial charge in [0, 0.05) is 24.8 Å². The molecule has 0 aromatic heterocycles. The van der Waals surface area contributed by atoms with E-state index in [1.165, 1.54) is 4.90 Å². The number of hydrogen-bond donors (Lipinski definition) is 0. The highest BCUT2D eigenvalue weighted by Gasteiger charge is 2.41. The van der Waals surface area contributed by atoms with Crippen LogP contribution in [0, 0.1) is 0 Å². The van der Waals surface area contributed by atoms with Gasteiger partial charge in [-0.05, 0) is 44.0 Å². The van der Waals surface area contributed by atoms with Gasteiger partial charge in [-0.3, -0.25) is 4.79 Å². The van der Waals surface area contributed by atoms with E-state index >= 15 is 0 Å². The van der Waals surface area contributed by atoms with E-state index < -0.39 is 9.57 Å². The van der Waals surface area contributed by atoms with Crippen molar-refractivity contribution in [1.29, 1.82) is 0 Å². The Labute approximate surface area is 162 Å². The highest BCUT2D eigenvalue weighted by molar-refractivity contribution is 8.02. The molecule has 0 spiro atoms. The van der Waals surface area contributed by atoms with Gasteiger partial charge in [-0.25, -0.2) is 4.31 Å². The molecule has 0 bridgehead atoms. The van der Waals surface area contributed by atoms with Crippen molar-refractivity contribution in [3.63, 3.8) is 0 Å². The lowest BCUT2D eigenvalue weighted by atomic mass is 10.2. The van der Waals surface area contributed by atoms with Crippen LogP contribution in [0.2, 0.25) is 10.0 Å². The first-order chi connectivity index (χ1) is 10.6. The van der Waals surface area contributed by atoms with Gasteiger partial charge in [0.25, 0.3) is 9.57 Å². The number of carbonyl (C=O) groups excluding carboxylic acids is 1. The standard InChI is InChI=1S/C15H20Cl4N2OS/c1-5-20(6-2)23-15(18,19)14(22)21(10(3)4)11-7-8-12(16)13(17)9-11/h7-10H,5-6H2,1-4H3. The van der Waals surface area contributed by atoms with Crippen LogP contribution in [-0.4, -0.2) is 33.0 Å². The molecule has 23 heavy (non-hydrogen) atoms. The van der Waals surface area contributed by atoms with E-state index in [0.717, 1.165) is 25.0 Å². The van der Waals surface area contributed by atoms with Crippen molar-refractivity contribution in [3.05, 3.63) is 28.2 Å². The van der Waals surface area contributed by atoms with Crippen LogP contribution < -0.4 is 4.90 Å². The first-order valence-electron chi connectivity index (χ1n) is 7.24. The molecule has 3 nitrogen and oxygen atoms in total. The molecule has 0 unspecified atom stereocenters. The first-order valence-corrected chi connectivity index (χ1v) is 9.53. The lowest BCUT2D eigenvalue weighted by Gasteiger charge is -2.33. The first kappa shape index (κ1) is 21.2. The summed E-state index contributed by atoms with van der Waals surface area (Å²) in [5, 5.41) is 0.792. The predicted octanol–water partition coefficient (Wildman–Crippen LogP) is 5.86.